The lowest BCUT2D eigenvalue weighted by Crippen LogP contribution is -2.18. The molecule has 0 fully saturated rings. The van der Waals surface area contributed by atoms with Crippen LogP contribution in [0.1, 0.15) is 38.5 Å². The van der Waals surface area contributed by atoms with Crippen LogP contribution in [0.2, 0.25) is 0 Å². The SMILES string of the molecule is CCn1cc(-c2cc(C(F)(F)F)nc3sc(C(N)=O)c(NC(=O)c4ccn(Cn5cnc([N+](=O)[O-])n5)n4)c23)c(C)n1. The smallest absolute Gasteiger partial charge is 0.390 e. The summed E-state index contributed by atoms with van der Waals surface area (Å²) in [6, 6.07) is 2.17. The topological polar surface area (TPSA) is 195 Å². The van der Waals surface area contributed by atoms with Crippen LogP contribution in [0.25, 0.3) is 21.3 Å². The zero-order chi connectivity index (χ0) is 29.6. The first-order valence-electron chi connectivity index (χ1n) is 11.6. The van der Waals surface area contributed by atoms with Crippen molar-refractivity contribution in [1.82, 2.24) is 39.3 Å². The molecule has 0 saturated carbocycles. The summed E-state index contributed by atoms with van der Waals surface area (Å²) in [6.07, 6.45) is -0.723. The van der Waals surface area contributed by atoms with Gasteiger partial charge in [-0.25, -0.2) is 9.67 Å². The number of hydrogen-bond acceptors (Lipinski definition) is 10. The number of anilines is 1. The third kappa shape index (κ3) is 5.21. The highest BCUT2D eigenvalue weighted by Crippen LogP contribution is 2.44. The zero-order valence-corrected chi connectivity index (χ0v) is 21.9. The number of rotatable bonds is 8. The Morgan fingerprint density at radius 3 is 2.54 bits per heavy atom. The Bertz CT molecular complexity index is 1840. The molecular weight excluding hydrogens is 571 g/mol. The Labute approximate surface area is 230 Å². The quantitative estimate of drug-likeness (QED) is 0.202. The third-order valence-corrected chi connectivity index (χ3v) is 6.92. The molecule has 0 saturated heterocycles. The number of pyridine rings is 1. The average molecular weight is 590 g/mol. The van der Waals surface area contributed by atoms with Gasteiger partial charge < -0.3 is 21.2 Å². The van der Waals surface area contributed by atoms with Crippen molar-refractivity contribution in [1.29, 1.82) is 0 Å². The molecule has 0 aliphatic heterocycles. The summed E-state index contributed by atoms with van der Waals surface area (Å²) >= 11 is 0.612. The number of hydrogen-bond donors (Lipinski definition) is 2. The number of carbonyl (C=O) groups is 2. The maximum Gasteiger partial charge on any atom is 0.491 e. The number of alkyl halides is 3. The van der Waals surface area contributed by atoms with Crippen LogP contribution in [-0.2, 0) is 19.4 Å². The second-order valence-corrected chi connectivity index (χ2v) is 9.56. The first-order chi connectivity index (χ1) is 19.3. The van der Waals surface area contributed by atoms with E-state index in [1.54, 1.807) is 17.8 Å². The minimum absolute atomic E-state index is 0.0527. The molecule has 0 radical (unpaired) electrons. The number of carbonyl (C=O) groups excluding carboxylic acids is 2. The van der Waals surface area contributed by atoms with Crippen LogP contribution >= 0.6 is 11.3 Å². The lowest BCUT2D eigenvalue weighted by atomic mass is 10.0. The fourth-order valence-electron chi connectivity index (χ4n) is 4.02. The average Bonchev–Trinajstić information content (AvgIpc) is 3.69. The van der Waals surface area contributed by atoms with Crippen molar-refractivity contribution in [2.75, 3.05) is 5.32 Å². The molecule has 3 N–H and O–H groups in total. The number of thiophene rings is 1. The maximum absolute atomic E-state index is 13.8. The molecule has 5 rings (SSSR count). The van der Waals surface area contributed by atoms with Gasteiger partial charge >= 0.3 is 12.1 Å². The standard InChI is InChI=1S/C22H18F3N11O4S/c1-3-33-7-12(10(2)30-33)11-6-14(22(23,24)25)28-20-15(11)16(17(41-20)18(26)37)29-19(38)13-4-5-34(31-13)9-35-8-27-21(32-35)36(39)40/h4-8H,3,9H2,1-2H3,(H2,26,37)(H,29,38). The summed E-state index contributed by atoms with van der Waals surface area (Å²) in [5.41, 5.74) is 4.92. The molecule has 0 atom stereocenters. The van der Waals surface area contributed by atoms with Gasteiger partial charge in [-0.1, -0.05) is 4.98 Å². The zero-order valence-electron chi connectivity index (χ0n) is 21.1. The third-order valence-electron chi connectivity index (χ3n) is 5.83. The summed E-state index contributed by atoms with van der Waals surface area (Å²) in [4.78, 5) is 42.5. The van der Waals surface area contributed by atoms with E-state index in [9.17, 15) is 32.9 Å². The Morgan fingerprint density at radius 1 is 1.17 bits per heavy atom. The molecule has 0 bridgehead atoms. The Kier molecular flexibility index (Phi) is 6.73. The molecule has 41 heavy (non-hydrogen) atoms. The van der Waals surface area contributed by atoms with Gasteiger partial charge in [-0.15, -0.1) is 11.3 Å². The fourth-order valence-corrected chi connectivity index (χ4v) is 5.02. The number of aromatic nitrogens is 8. The number of nitro groups is 1. The first-order valence-corrected chi connectivity index (χ1v) is 12.4. The Balaban J connectivity index is 1.57. The van der Waals surface area contributed by atoms with Crippen LogP contribution in [0.15, 0.2) is 30.9 Å². The summed E-state index contributed by atoms with van der Waals surface area (Å²) in [5.74, 6) is -2.40. The monoisotopic (exact) mass is 589 g/mol. The molecule has 5 aromatic rings. The number of nitrogens with two attached hydrogens (primary N) is 1. The second kappa shape index (κ2) is 10.1. The van der Waals surface area contributed by atoms with Gasteiger partial charge in [0.25, 0.3) is 11.8 Å². The summed E-state index contributed by atoms with van der Waals surface area (Å²) < 4.78 is 45.3. The van der Waals surface area contributed by atoms with Gasteiger partial charge in [0.15, 0.2) is 12.4 Å². The van der Waals surface area contributed by atoms with Crippen molar-refractivity contribution in [2.45, 2.75) is 33.2 Å². The molecule has 5 heterocycles. The molecule has 0 aliphatic carbocycles. The number of nitrogens with zero attached hydrogens (tertiary/aromatic N) is 9. The van der Waals surface area contributed by atoms with E-state index in [0.717, 1.165) is 17.1 Å². The second-order valence-electron chi connectivity index (χ2n) is 8.56. The molecule has 2 amide bonds. The van der Waals surface area contributed by atoms with E-state index in [-0.39, 0.29) is 38.7 Å². The van der Waals surface area contributed by atoms with E-state index in [1.807, 2.05) is 6.92 Å². The van der Waals surface area contributed by atoms with E-state index >= 15 is 0 Å². The van der Waals surface area contributed by atoms with E-state index in [0.29, 0.717) is 29.1 Å². The minimum atomic E-state index is -4.80. The molecule has 15 nitrogen and oxygen atoms in total. The number of amides is 2. The summed E-state index contributed by atoms with van der Waals surface area (Å²) in [7, 11) is 0. The highest BCUT2D eigenvalue weighted by atomic mass is 32.1. The van der Waals surface area contributed by atoms with Crippen LogP contribution < -0.4 is 11.1 Å². The van der Waals surface area contributed by atoms with Crippen LogP contribution in [0, 0.1) is 17.0 Å². The molecule has 212 valence electrons. The number of fused-ring (bicyclic) bond motifs is 1. The molecule has 0 unspecified atom stereocenters. The fraction of sp³-hybridized carbons (Fsp3) is 0.227. The van der Waals surface area contributed by atoms with Crippen LogP contribution in [0.5, 0.6) is 0 Å². The molecule has 19 heteroatoms. The predicted octanol–water partition coefficient (Wildman–Crippen LogP) is 3.06. The van der Waals surface area contributed by atoms with E-state index in [1.165, 1.54) is 16.9 Å². The van der Waals surface area contributed by atoms with Crippen molar-refractivity contribution >= 4 is 45.0 Å². The van der Waals surface area contributed by atoms with E-state index in [4.69, 9.17) is 5.73 Å². The van der Waals surface area contributed by atoms with Crippen molar-refractivity contribution in [2.24, 2.45) is 5.73 Å². The van der Waals surface area contributed by atoms with Crippen LogP contribution in [-0.4, -0.2) is 56.0 Å². The van der Waals surface area contributed by atoms with Gasteiger partial charge in [-0.3, -0.25) is 14.3 Å². The van der Waals surface area contributed by atoms with Crippen molar-refractivity contribution in [3.8, 4) is 11.1 Å². The molecule has 5 aromatic heterocycles. The summed E-state index contributed by atoms with van der Waals surface area (Å²) in [5, 5.41) is 25.5. The van der Waals surface area contributed by atoms with Gasteiger partial charge in [-0.05, 0) is 36.5 Å². The van der Waals surface area contributed by atoms with Crippen molar-refractivity contribution in [3.05, 3.63) is 62.9 Å². The number of primary amides is 1. The molecule has 0 aliphatic rings. The predicted molar refractivity (Wildman–Crippen MR) is 137 cm³/mol. The largest absolute Gasteiger partial charge is 0.491 e. The Morgan fingerprint density at radius 2 is 1.93 bits per heavy atom. The molecule has 0 aromatic carbocycles. The highest BCUT2D eigenvalue weighted by Gasteiger charge is 2.35. The van der Waals surface area contributed by atoms with Gasteiger partial charge in [-0.2, -0.15) is 28.1 Å². The number of aryl methyl sites for hydroxylation is 2. The molecular formula is C22H18F3N11O4S. The van der Waals surface area contributed by atoms with Crippen LogP contribution in [0.4, 0.5) is 24.8 Å². The van der Waals surface area contributed by atoms with Gasteiger partial charge in [0.05, 0.1) is 11.4 Å². The summed E-state index contributed by atoms with van der Waals surface area (Å²) in [6.45, 7) is 3.77. The van der Waals surface area contributed by atoms with E-state index in [2.05, 4.69) is 30.6 Å². The van der Waals surface area contributed by atoms with Gasteiger partial charge in [0, 0.05) is 35.0 Å². The Hall–Kier alpha value is -5.20. The van der Waals surface area contributed by atoms with Crippen molar-refractivity contribution < 1.29 is 27.7 Å². The van der Waals surface area contributed by atoms with Gasteiger partial charge in [0.1, 0.15) is 15.4 Å². The van der Waals surface area contributed by atoms with Crippen molar-refractivity contribution in [3.63, 3.8) is 0 Å². The number of halogens is 3. The van der Waals surface area contributed by atoms with E-state index < -0.39 is 34.6 Å². The normalized spacial score (nSPS) is 11.7. The number of nitrogens with one attached hydrogen (secondary N) is 1. The maximum atomic E-state index is 13.8. The first kappa shape index (κ1) is 27.4. The minimum Gasteiger partial charge on any atom is -0.390 e. The molecule has 0 spiro atoms. The van der Waals surface area contributed by atoms with Crippen LogP contribution in [0.3, 0.4) is 0 Å². The van der Waals surface area contributed by atoms with Gasteiger partial charge in [0.2, 0.25) is 6.33 Å². The highest BCUT2D eigenvalue weighted by molar-refractivity contribution is 7.21. The lowest BCUT2D eigenvalue weighted by Gasteiger charge is -2.11. The lowest BCUT2D eigenvalue weighted by molar-refractivity contribution is -0.394.